The number of hydrogen-bond acceptors (Lipinski definition) is 2. The van der Waals surface area contributed by atoms with Gasteiger partial charge in [-0.3, -0.25) is 4.99 Å². The van der Waals surface area contributed by atoms with Crippen LogP contribution in [0.4, 0.5) is 0 Å². The second kappa shape index (κ2) is 5.51. The molecule has 0 spiro atoms. The molecule has 13 heavy (non-hydrogen) atoms. The highest BCUT2D eigenvalue weighted by Gasteiger charge is 1.90. The highest BCUT2D eigenvalue weighted by Crippen LogP contribution is 1.95. The fourth-order valence-corrected chi connectivity index (χ4v) is 1.12. The van der Waals surface area contributed by atoms with E-state index in [0.29, 0.717) is 0 Å². The molecule has 1 aromatic heterocycles. The second-order valence-corrected chi connectivity index (χ2v) is 3.17. The lowest BCUT2D eigenvalue weighted by Gasteiger charge is -1.91. The van der Waals surface area contributed by atoms with E-state index < -0.39 is 0 Å². The van der Waals surface area contributed by atoms with E-state index in [0.717, 1.165) is 18.1 Å². The number of unbranched alkanes of at least 4 members (excludes halogenated alkanes) is 2. The number of hydrogen-bond donors (Lipinski definition) is 1. The average Bonchev–Trinajstić information content (AvgIpc) is 2.51. The summed E-state index contributed by atoms with van der Waals surface area (Å²) in [6, 6.07) is 0. The first kappa shape index (κ1) is 9.96. The van der Waals surface area contributed by atoms with Crippen LogP contribution >= 0.6 is 0 Å². The van der Waals surface area contributed by atoms with Gasteiger partial charge in [0, 0.05) is 12.8 Å². The molecular formula is C10H17N3. The monoisotopic (exact) mass is 179 g/mol. The van der Waals surface area contributed by atoms with E-state index in [1.807, 2.05) is 13.1 Å². The molecule has 0 radical (unpaired) electrons. The van der Waals surface area contributed by atoms with Crippen LogP contribution in [0.25, 0.3) is 0 Å². The second-order valence-electron chi connectivity index (χ2n) is 3.17. The molecule has 0 fully saturated rings. The number of rotatable bonds is 5. The van der Waals surface area contributed by atoms with Crippen LogP contribution in [0.1, 0.15) is 37.7 Å². The summed E-state index contributed by atoms with van der Waals surface area (Å²) in [4.78, 5) is 11.5. The first-order chi connectivity index (χ1) is 6.33. The van der Waals surface area contributed by atoms with Crippen LogP contribution in [-0.4, -0.2) is 22.7 Å². The normalized spacial score (nSPS) is 11.2. The number of H-pyrrole nitrogens is 1. The van der Waals surface area contributed by atoms with Crippen LogP contribution in [0.2, 0.25) is 0 Å². The van der Waals surface area contributed by atoms with Crippen molar-refractivity contribution in [3.05, 3.63) is 17.7 Å². The minimum Gasteiger partial charge on any atom is -0.341 e. The van der Waals surface area contributed by atoms with Crippen molar-refractivity contribution in [3.8, 4) is 0 Å². The number of aromatic nitrogens is 2. The third-order valence-electron chi connectivity index (χ3n) is 1.84. The standard InChI is InChI=1S/C10H17N3/c1-3-4-5-6-11-7-10-8-12-9(2)13-10/h7-8H,3-6H2,1-2H3,(H,12,13). The van der Waals surface area contributed by atoms with E-state index in [9.17, 15) is 0 Å². The molecule has 0 aromatic carbocycles. The molecule has 0 unspecified atom stereocenters. The predicted molar refractivity (Wildman–Crippen MR) is 55.3 cm³/mol. The summed E-state index contributed by atoms with van der Waals surface area (Å²) in [5.74, 6) is 0.940. The quantitative estimate of drug-likeness (QED) is 0.547. The zero-order valence-corrected chi connectivity index (χ0v) is 8.38. The number of imidazole rings is 1. The number of aryl methyl sites for hydroxylation is 1. The Kier molecular flexibility index (Phi) is 4.23. The van der Waals surface area contributed by atoms with Gasteiger partial charge in [0.1, 0.15) is 5.82 Å². The lowest BCUT2D eigenvalue weighted by atomic mass is 10.2. The predicted octanol–water partition coefficient (Wildman–Crippen LogP) is 2.33. The molecule has 0 aliphatic carbocycles. The molecule has 1 rings (SSSR count). The van der Waals surface area contributed by atoms with Crippen LogP contribution in [0.3, 0.4) is 0 Å². The smallest absolute Gasteiger partial charge is 0.103 e. The minimum absolute atomic E-state index is 0.923. The lowest BCUT2D eigenvalue weighted by Crippen LogP contribution is -1.85. The van der Waals surface area contributed by atoms with Crippen molar-refractivity contribution in [1.82, 2.24) is 9.97 Å². The van der Waals surface area contributed by atoms with Gasteiger partial charge in [-0.1, -0.05) is 19.8 Å². The van der Waals surface area contributed by atoms with Gasteiger partial charge in [-0.15, -0.1) is 0 Å². The summed E-state index contributed by atoms with van der Waals surface area (Å²) in [5.41, 5.74) is 0.994. The number of aromatic amines is 1. The van der Waals surface area contributed by atoms with Gasteiger partial charge in [0.05, 0.1) is 11.9 Å². The summed E-state index contributed by atoms with van der Waals surface area (Å²) < 4.78 is 0. The van der Waals surface area contributed by atoms with Crippen molar-refractivity contribution >= 4 is 6.21 Å². The number of nitrogens with one attached hydrogen (secondary N) is 1. The van der Waals surface area contributed by atoms with Crippen molar-refractivity contribution < 1.29 is 0 Å². The molecule has 0 saturated heterocycles. The van der Waals surface area contributed by atoms with Crippen molar-refractivity contribution in [2.75, 3.05) is 6.54 Å². The van der Waals surface area contributed by atoms with E-state index in [1.54, 1.807) is 6.20 Å². The Morgan fingerprint density at radius 3 is 3.00 bits per heavy atom. The molecule has 0 atom stereocenters. The number of nitrogens with zero attached hydrogens (tertiary/aromatic N) is 2. The zero-order valence-electron chi connectivity index (χ0n) is 8.38. The summed E-state index contributed by atoms with van der Waals surface area (Å²) in [7, 11) is 0. The highest BCUT2D eigenvalue weighted by atomic mass is 14.9. The van der Waals surface area contributed by atoms with Gasteiger partial charge in [0.15, 0.2) is 0 Å². The van der Waals surface area contributed by atoms with E-state index in [1.165, 1.54) is 19.3 Å². The molecule has 1 heterocycles. The molecule has 0 amide bonds. The minimum atomic E-state index is 0.923. The largest absolute Gasteiger partial charge is 0.341 e. The van der Waals surface area contributed by atoms with Gasteiger partial charge in [0.25, 0.3) is 0 Å². The van der Waals surface area contributed by atoms with Crippen LogP contribution in [0, 0.1) is 6.92 Å². The van der Waals surface area contributed by atoms with E-state index in [4.69, 9.17) is 0 Å². The molecule has 72 valence electrons. The van der Waals surface area contributed by atoms with Crippen LogP contribution < -0.4 is 0 Å². The Balaban J connectivity index is 2.24. The zero-order chi connectivity index (χ0) is 9.52. The summed E-state index contributed by atoms with van der Waals surface area (Å²) in [6.45, 7) is 5.06. The van der Waals surface area contributed by atoms with Crippen LogP contribution in [-0.2, 0) is 0 Å². The fourth-order valence-electron chi connectivity index (χ4n) is 1.12. The molecule has 3 heteroatoms. The Hall–Kier alpha value is -1.12. The number of aliphatic imine (C=N–C) groups is 1. The Bertz CT molecular complexity index is 263. The molecule has 0 bridgehead atoms. The first-order valence-corrected chi connectivity index (χ1v) is 4.84. The highest BCUT2D eigenvalue weighted by molar-refractivity contribution is 5.76. The summed E-state index contributed by atoms with van der Waals surface area (Å²) >= 11 is 0. The SMILES string of the molecule is CCCCCN=Cc1cnc(C)[nH]1. The third kappa shape index (κ3) is 3.87. The van der Waals surface area contributed by atoms with Gasteiger partial charge < -0.3 is 4.98 Å². The molecule has 0 saturated carbocycles. The van der Waals surface area contributed by atoms with E-state index >= 15 is 0 Å². The molecular weight excluding hydrogens is 162 g/mol. The maximum absolute atomic E-state index is 4.30. The maximum Gasteiger partial charge on any atom is 0.103 e. The van der Waals surface area contributed by atoms with Crippen molar-refractivity contribution in [1.29, 1.82) is 0 Å². The third-order valence-corrected chi connectivity index (χ3v) is 1.84. The maximum atomic E-state index is 4.30. The Morgan fingerprint density at radius 2 is 2.38 bits per heavy atom. The van der Waals surface area contributed by atoms with E-state index in [-0.39, 0.29) is 0 Å². The summed E-state index contributed by atoms with van der Waals surface area (Å²) in [6.07, 6.45) is 7.35. The lowest BCUT2D eigenvalue weighted by molar-refractivity contribution is 0.729. The van der Waals surface area contributed by atoms with Gasteiger partial charge in [-0.2, -0.15) is 0 Å². The van der Waals surface area contributed by atoms with Crippen LogP contribution in [0.5, 0.6) is 0 Å². The molecule has 1 aromatic rings. The Labute approximate surface area is 79.3 Å². The molecule has 0 aliphatic heterocycles. The topological polar surface area (TPSA) is 41.0 Å². The van der Waals surface area contributed by atoms with Crippen LogP contribution in [0.15, 0.2) is 11.2 Å². The first-order valence-electron chi connectivity index (χ1n) is 4.84. The van der Waals surface area contributed by atoms with Gasteiger partial charge in [0.2, 0.25) is 0 Å². The van der Waals surface area contributed by atoms with Gasteiger partial charge in [-0.25, -0.2) is 4.98 Å². The Morgan fingerprint density at radius 1 is 1.54 bits per heavy atom. The molecule has 0 aliphatic rings. The summed E-state index contributed by atoms with van der Waals surface area (Å²) in [5, 5.41) is 0. The van der Waals surface area contributed by atoms with Crippen molar-refractivity contribution in [2.24, 2.45) is 4.99 Å². The van der Waals surface area contributed by atoms with Gasteiger partial charge in [-0.05, 0) is 13.3 Å². The van der Waals surface area contributed by atoms with Crippen molar-refractivity contribution in [2.45, 2.75) is 33.1 Å². The average molecular weight is 179 g/mol. The van der Waals surface area contributed by atoms with E-state index in [2.05, 4.69) is 21.9 Å². The van der Waals surface area contributed by atoms with Crippen molar-refractivity contribution in [3.63, 3.8) is 0 Å². The molecule has 3 nitrogen and oxygen atoms in total. The molecule has 1 N–H and O–H groups in total. The fraction of sp³-hybridized carbons (Fsp3) is 0.600. The van der Waals surface area contributed by atoms with Gasteiger partial charge >= 0.3 is 0 Å².